The summed E-state index contributed by atoms with van der Waals surface area (Å²) in [6.45, 7) is 1.22. The largest absolute Gasteiger partial charge is 0.394 e. The number of hydrogen-bond acceptors (Lipinski definition) is 3. The molecule has 0 aliphatic heterocycles. The Kier molecular flexibility index (Phi) is 6.98. The molecule has 1 saturated carbocycles. The molecule has 158 valence electrons. The highest BCUT2D eigenvalue weighted by Crippen LogP contribution is 2.49. The minimum atomic E-state index is -0.252. The van der Waals surface area contributed by atoms with Gasteiger partial charge in [0.2, 0.25) is 5.91 Å². The van der Waals surface area contributed by atoms with Crippen molar-refractivity contribution >= 4 is 5.91 Å². The maximum Gasteiger partial charge on any atom is 0.224 e. The van der Waals surface area contributed by atoms with E-state index >= 15 is 0 Å². The number of carbonyl (C=O) groups excluding carboxylic acids is 1. The number of hydrogen-bond donors (Lipinski definition) is 2. The van der Waals surface area contributed by atoms with Gasteiger partial charge in [0.05, 0.1) is 19.3 Å². The average molecular weight is 406 g/mol. The number of ether oxygens (including phenoxy) is 1. The Hall–Kier alpha value is -2.43. The molecular weight excluding hydrogens is 374 g/mol. The van der Waals surface area contributed by atoms with Gasteiger partial charge in [-0.2, -0.15) is 0 Å². The first-order chi connectivity index (χ1) is 14.7. The van der Waals surface area contributed by atoms with Crippen molar-refractivity contribution in [1.29, 1.82) is 0 Å². The molecule has 2 aliphatic carbocycles. The van der Waals surface area contributed by atoms with Crippen molar-refractivity contribution in [2.75, 3.05) is 13.2 Å². The van der Waals surface area contributed by atoms with Crippen molar-refractivity contribution in [2.45, 2.75) is 31.9 Å². The summed E-state index contributed by atoms with van der Waals surface area (Å²) in [5, 5.41) is 12.9. The number of aliphatic hydroxyl groups excluding tert-OH is 1. The van der Waals surface area contributed by atoms with E-state index in [1.165, 1.54) is 5.56 Å². The summed E-state index contributed by atoms with van der Waals surface area (Å²) in [5.74, 6) is 1.14. The minimum Gasteiger partial charge on any atom is -0.394 e. The molecule has 4 nitrogen and oxygen atoms in total. The van der Waals surface area contributed by atoms with E-state index < -0.39 is 0 Å². The smallest absolute Gasteiger partial charge is 0.224 e. The maximum absolute atomic E-state index is 13.2. The van der Waals surface area contributed by atoms with Gasteiger partial charge in [-0.25, -0.2) is 0 Å². The third kappa shape index (κ3) is 5.00. The molecular formula is C26H31NO3. The monoisotopic (exact) mass is 405 g/mol. The molecule has 0 aromatic heterocycles. The number of nitrogens with one attached hydrogen (secondary N) is 1. The van der Waals surface area contributed by atoms with Gasteiger partial charge in [0.1, 0.15) is 0 Å². The third-order valence-electron chi connectivity index (χ3n) is 6.52. The molecule has 2 bridgehead atoms. The van der Waals surface area contributed by atoms with Crippen LogP contribution in [0.4, 0.5) is 0 Å². The van der Waals surface area contributed by atoms with E-state index in [0.717, 1.165) is 18.4 Å². The topological polar surface area (TPSA) is 58.6 Å². The van der Waals surface area contributed by atoms with E-state index in [-0.39, 0.29) is 24.5 Å². The lowest BCUT2D eigenvalue weighted by molar-refractivity contribution is -0.128. The highest BCUT2D eigenvalue weighted by molar-refractivity contribution is 5.80. The second-order valence-electron chi connectivity index (χ2n) is 8.54. The standard InChI is InChI=1S/C26H31NO3/c28-17-23(15-19-7-3-1-4-8-19)27-26(29)25-22-12-11-21(16-22)24(25)13-14-30-18-20-9-5-2-6-10-20/h1-12,21-25,28H,13-18H2,(H,27,29)/t21-,22+,23-,24-,25-/m0/s1. The van der Waals surface area contributed by atoms with Crippen LogP contribution in [0.1, 0.15) is 24.0 Å². The van der Waals surface area contributed by atoms with Crippen LogP contribution >= 0.6 is 0 Å². The van der Waals surface area contributed by atoms with Crippen molar-refractivity contribution in [3.63, 3.8) is 0 Å². The quantitative estimate of drug-likeness (QED) is 0.468. The number of allylic oxidation sites excluding steroid dienone is 2. The van der Waals surface area contributed by atoms with Gasteiger partial charge in [-0.05, 0) is 48.1 Å². The van der Waals surface area contributed by atoms with Crippen LogP contribution in [0.3, 0.4) is 0 Å². The Balaban J connectivity index is 1.31. The predicted octanol–water partition coefficient (Wildman–Crippen LogP) is 3.75. The van der Waals surface area contributed by atoms with Gasteiger partial charge in [0, 0.05) is 12.5 Å². The number of amides is 1. The van der Waals surface area contributed by atoms with E-state index in [4.69, 9.17) is 4.74 Å². The SMILES string of the molecule is O=C(N[C@H](CO)Cc1ccccc1)[C@@H]1[C@@H](CCOCc2ccccc2)[C@H]2C=C[C@@H]1C2. The maximum atomic E-state index is 13.2. The van der Waals surface area contributed by atoms with Crippen LogP contribution in [0, 0.1) is 23.7 Å². The summed E-state index contributed by atoms with van der Waals surface area (Å²) in [6.07, 6.45) is 7.08. The summed E-state index contributed by atoms with van der Waals surface area (Å²) in [7, 11) is 0. The fourth-order valence-electron chi connectivity index (χ4n) is 5.05. The van der Waals surface area contributed by atoms with E-state index in [1.807, 2.05) is 48.5 Å². The molecule has 0 spiro atoms. The van der Waals surface area contributed by atoms with Crippen molar-refractivity contribution < 1.29 is 14.6 Å². The zero-order valence-corrected chi connectivity index (χ0v) is 17.3. The molecule has 0 radical (unpaired) electrons. The molecule has 1 fully saturated rings. The lowest BCUT2D eigenvalue weighted by Gasteiger charge is -2.29. The van der Waals surface area contributed by atoms with Gasteiger partial charge in [-0.3, -0.25) is 4.79 Å². The summed E-state index contributed by atoms with van der Waals surface area (Å²) in [6, 6.07) is 19.9. The van der Waals surface area contributed by atoms with Crippen LogP contribution in [0.25, 0.3) is 0 Å². The first-order valence-corrected chi connectivity index (χ1v) is 11.0. The summed E-state index contributed by atoms with van der Waals surface area (Å²) < 4.78 is 5.90. The van der Waals surface area contributed by atoms with Gasteiger partial charge in [-0.1, -0.05) is 72.8 Å². The van der Waals surface area contributed by atoms with Crippen molar-refractivity contribution in [1.82, 2.24) is 5.32 Å². The molecule has 30 heavy (non-hydrogen) atoms. The highest BCUT2D eigenvalue weighted by Gasteiger charge is 2.47. The van der Waals surface area contributed by atoms with Crippen LogP contribution in [0.2, 0.25) is 0 Å². The van der Waals surface area contributed by atoms with E-state index in [2.05, 4.69) is 29.6 Å². The Morgan fingerprint density at radius 1 is 1.00 bits per heavy atom. The van der Waals surface area contributed by atoms with Gasteiger partial charge in [-0.15, -0.1) is 0 Å². The fraction of sp³-hybridized carbons (Fsp3) is 0.423. The first kappa shape index (κ1) is 20.8. The van der Waals surface area contributed by atoms with Gasteiger partial charge < -0.3 is 15.2 Å². The lowest BCUT2D eigenvalue weighted by Crippen LogP contribution is -2.45. The molecule has 2 aromatic carbocycles. The van der Waals surface area contributed by atoms with Crippen LogP contribution < -0.4 is 5.32 Å². The van der Waals surface area contributed by atoms with E-state index in [0.29, 0.717) is 37.4 Å². The first-order valence-electron chi connectivity index (χ1n) is 11.0. The molecule has 0 heterocycles. The third-order valence-corrected chi connectivity index (χ3v) is 6.52. The summed E-state index contributed by atoms with van der Waals surface area (Å²) in [4.78, 5) is 13.2. The normalized spacial score (nSPS) is 25.4. The summed E-state index contributed by atoms with van der Waals surface area (Å²) in [5.41, 5.74) is 2.29. The number of rotatable bonds is 10. The number of benzene rings is 2. The molecule has 0 unspecified atom stereocenters. The molecule has 2 aromatic rings. The van der Waals surface area contributed by atoms with Crippen LogP contribution in [-0.2, 0) is 22.6 Å². The highest BCUT2D eigenvalue weighted by atomic mass is 16.5. The van der Waals surface area contributed by atoms with Gasteiger partial charge in [0.15, 0.2) is 0 Å². The molecule has 4 heteroatoms. The Morgan fingerprint density at radius 2 is 1.67 bits per heavy atom. The van der Waals surface area contributed by atoms with Gasteiger partial charge >= 0.3 is 0 Å². The molecule has 5 atom stereocenters. The number of carbonyl (C=O) groups is 1. The van der Waals surface area contributed by atoms with E-state index in [9.17, 15) is 9.90 Å². The molecule has 2 aliphatic rings. The Morgan fingerprint density at radius 3 is 2.37 bits per heavy atom. The van der Waals surface area contributed by atoms with E-state index in [1.54, 1.807) is 0 Å². The zero-order valence-electron chi connectivity index (χ0n) is 17.3. The fourth-order valence-corrected chi connectivity index (χ4v) is 5.05. The predicted molar refractivity (Wildman–Crippen MR) is 118 cm³/mol. The molecule has 2 N–H and O–H groups in total. The van der Waals surface area contributed by atoms with Crippen molar-refractivity contribution in [3.05, 3.63) is 83.9 Å². The number of fused-ring (bicyclic) bond motifs is 2. The lowest BCUT2D eigenvalue weighted by atomic mass is 9.80. The molecule has 4 rings (SSSR count). The zero-order chi connectivity index (χ0) is 20.8. The summed E-state index contributed by atoms with van der Waals surface area (Å²) >= 11 is 0. The van der Waals surface area contributed by atoms with Crippen LogP contribution in [-0.4, -0.2) is 30.3 Å². The van der Waals surface area contributed by atoms with Crippen LogP contribution in [0.15, 0.2) is 72.8 Å². The number of aliphatic hydroxyl groups is 1. The average Bonchev–Trinajstić information content (AvgIpc) is 3.39. The van der Waals surface area contributed by atoms with Crippen molar-refractivity contribution in [3.8, 4) is 0 Å². The Labute approximate surface area is 179 Å². The molecule has 0 saturated heterocycles. The van der Waals surface area contributed by atoms with Crippen LogP contribution in [0.5, 0.6) is 0 Å². The second kappa shape index (κ2) is 10.1. The Bertz CT molecular complexity index is 836. The van der Waals surface area contributed by atoms with Crippen molar-refractivity contribution in [2.24, 2.45) is 23.7 Å². The van der Waals surface area contributed by atoms with Gasteiger partial charge in [0.25, 0.3) is 0 Å². The molecule has 1 amide bonds. The second-order valence-corrected chi connectivity index (χ2v) is 8.54. The minimum absolute atomic E-state index is 0.0230.